The maximum Gasteiger partial charge on any atom is 0.268 e. The molecule has 0 bridgehead atoms. The number of aryl methyl sites for hydroxylation is 2. The number of rotatable bonds is 5. The van der Waals surface area contributed by atoms with Crippen molar-refractivity contribution >= 4 is 15.9 Å². The zero-order chi connectivity index (χ0) is 16.5. The Balaban J connectivity index is 2.20. The van der Waals surface area contributed by atoms with Crippen LogP contribution in [-0.4, -0.2) is 25.9 Å². The quantitative estimate of drug-likeness (QED) is 0.867. The molecule has 0 saturated carbocycles. The molecule has 2 aromatic rings. The van der Waals surface area contributed by atoms with E-state index in [4.69, 9.17) is 4.42 Å². The number of sulfonamides is 1. The molecule has 7 nitrogen and oxygen atoms in total. The second-order valence-corrected chi connectivity index (χ2v) is 6.91. The first-order chi connectivity index (χ1) is 10.2. The van der Waals surface area contributed by atoms with Crippen LogP contribution in [0.3, 0.4) is 0 Å². The first-order valence-corrected chi connectivity index (χ1v) is 8.20. The van der Waals surface area contributed by atoms with E-state index < -0.39 is 10.0 Å². The van der Waals surface area contributed by atoms with Crippen molar-refractivity contribution in [2.75, 3.05) is 7.05 Å². The lowest BCUT2D eigenvalue weighted by molar-refractivity contribution is 0.0927. The first kappa shape index (κ1) is 16.3. The largest absolute Gasteiger partial charge is 0.464 e. The zero-order valence-electron chi connectivity index (χ0n) is 12.9. The lowest BCUT2D eigenvalue weighted by Gasteiger charge is -2.11. The highest BCUT2D eigenvalue weighted by molar-refractivity contribution is 7.89. The van der Waals surface area contributed by atoms with Crippen LogP contribution in [0.5, 0.6) is 0 Å². The van der Waals surface area contributed by atoms with Crippen LogP contribution >= 0.6 is 0 Å². The summed E-state index contributed by atoms with van der Waals surface area (Å²) in [6.07, 6.45) is 1.39. The maximum absolute atomic E-state index is 12.3. The molecule has 22 heavy (non-hydrogen) atoms. The third kappa shape index (κ3) is 3.23. The van der Waals surface area contributed by atoms with Crippen LogP contribution in [-0.2, 0) is 17.1 Å². The van der Waals surface area contributed by atoms with Crippen LogP contribution in [0.1, 0.15) is 35.0 Å². The van der Waals surface area contributed by atoms with Gasteiger partial charge in [0.2, 0.25) is 10.0 Å². The third-order valence-electron chi connectivity index (χ3n) is 3.33. The number of carbonyl (C=O) groups is 1. The van der Waals surface area contributed by atoms with Gasteiger partial charge in [-0.1, -0.05) is 0 Å². The minimum atomic E-state index is -3.58. The SMILES string of the molecule is CNS(=O)(=O)c1cc(C(=O)N[C@H](C)c2ccc(C)o2)n(C)c1. The highest BCUT2D eigenvalue weighted by atomic mass is 32.2. The van der Waals surface area contributed by atoms with Crippen LogP contribution in [0.2, 0.25) is 0 Å². The van der Waals surface area contributed by atoms with Crippen molar-refractivity contribution in [2.24, 2.45) is 7.05 Å². The summed E-state index contributed by atoms with van der Waals surface area (Å²) >= 11 is 0. The summed E-state index contributed by atoms with van der Waals surface area (Å²) in [5.41, 5.74) is 0.254. The summed E-state index contributed by atoms with van der Waals surface area (Å²) in [7, 11) is -0.641. The van der Waals surface area contributed by atoms with Gasteiger partial charge < -0.3 is 14.3 Å². The predicted octanol–water partition coefficient (Wildman–Crippen LogP) is 1.33. The molecular weight excluding hydrogens is 306 g/mol. The molecule has 0 aromatic carbocycles. The Hall–Kier alpha value is -2.06. The van der Waals surface area contributed by atoms with E-state index in [1.807, 2.05) is 13.0 Å². The number of aromatic nitrogens is 1. The summed E-state index contributed by atoms with van der Waals surface area (Å²) in [6, 6.07) is 4.63. The molecule has 0 radical (unpaired) electrons. The van der Waals surface area contributed by atoms with Gasteiger partial charge in [0.15, 0.2) is 0 Å². The molecule has 2 rings (SSSR count). The summed E-state index contributed by atoms with van der Waals surface area (Å²) in [5.74, 6) is 1.03. The number of nitrogens with zero attached hydrogens (tertiary/aromatic N) is 1. The predicted molar refractivity (Wildman–Crippen MR) is 81.0 cm³/mol. The van der Waals surface area contributed by atoms with Crippen LogP contribution < -0.4 is 10.0 Å². The van der Waals surface area contributed by atoms with Gasteiger partial charge in [0.05, 0.1) is 6.04 Å². The number of nitrogens with one attached hydrogen (secondary N) is 2. The van der Waals surface area contributed by atoms with E-state index >= 15 is 0 Å². The first-order valence-electron chi connectivity index (χ1n) is 6.71. The Morgan fingerprint density at radius 2 is 2.05 bits per heavy atom. The molecule has 120 valence electrons. The van der Waals surface area contributed by atoms with Gasteiger partial charge >= 0.3 is 0 Å². The van der Waals surface area contributed by atoms with Crippen molar-refractivity contribution in [3.8, 4) is 0 Å². The van der Waals surface area contributed by atoms with Gasteiger partial charge in [-0.15, -0.1) is 0 Å². The lowest BCUT2D eigenvalue weighted by atomic mass is 10.2. The van der Waals surface area contributed by atoms with Crippen LogP contribution in [0.15, 0.2) is 33.7 Å². The second-order valence-electron chi connectivity index (χ2n) is 5.02. The molecule has 1 amide bonds. The van der Waals surface area contributed by atoms with E-state index in [1.165, 1.54) is 23.9 Å². The van der Waals surface area contributed by atoms with Crippen LogP contribution in [0.4, 0.5) is 0 Å². The van der Waals surface area contributed by atoms with Gasteiger partial charge in [-0.25, -0.2) is 13.1 Å². The monoisotopic (exact) mass is 325 g/mol. The Morgan fingerprint density at radius 3 is 2.59 bits per heavy atom. The standard InChI is InChI=1S/C14H19N3O4S/c1-9-5-6-13(21-9)10(2)16-14(18)12-7-11(8-17(12)4)22(19,20)15-3/h5-8,10,15H,1-4H3,(H,16,18)/t10-/m1/s1. The molecule has 0 aliphatic carbocycles. The molecule has 0 aliphatic heterocycles. The van der Waals surface area contributed by atoms with Gasteiger partial charge in [-0.2, -0.15) is 0 Å². The van der Waals surface area contributed by atoms with E-state index in [9.17, 15) is 13.2 Å². The number of hydrogen-bond donors (Lipinski definition) is 2. The lowest BCUT2D eigenvalue weighted by Crippen LogP contribution is -2.27. The number of carbonyl (C=O) groups excluding carboxylic acids is 1. The second kappa shape index (κ2) is 5.98. The number of furan rings is 1. The number of hydrogen-bond acceptors (Lipinski definition) is 4. The average molecular weight is 325 g/mol. The fraction of sp³-hybridized carbons (Fsp3) is 0.357. The van der Waals surface area contributed by atoms with Crippen LogP contribution in [0, 0.1) is 6.92 Å². The Morgan fingerprint density at radius 1 is 1.36 bits per heavy atom. The normalized spacial score (nSPS) is 13.1. The highest BCUT2D eigenvalue weighted by Gasteiger charge is 2.21. The Bertz CT molecular complexity index is 789. The van der Waals surface area contributed by atoms with Crippen molar-refractivity contribution in [3.05, 3.63) is 41.6 Å². The van der Waals surface area contributed by atoms with Crippen LogP contribution in [0.25, 0.3) is 0 Å². The number of amides is 1. The minimum Gasteiger partial charge on any atom is -0.464 e. The molecular formula is C14H19N3O4S. The molecule has 2 heterocycles. The van der Waals surface area contributed by atoms with E-state index in [0.717, 1.165) is 5.76 Å². The molecule has 1 atom stereocenters. The molecule has 0 fully saturated rings. The summed E-state index contributed by atoms with van der Waals surface area (Å²) in [6.45, 7) is 3.62. The summed E-state index contributed by atoms with van der Waals surface area (Å²) in [4.78, 5) is 12.3. The van der Waals surface area contributed by atoms with Gasteiger partial charge in [-0.05, 0) is 39.1 Å². The Labute approximate surface area is 129 Å². The van der Waals surface area contributed by atoms with E-state index in [2.05, 4.69) is 10.0 Å². The van der Waals surface area contributed by atoms with Gasteiger partial charge in [0.1, 0.15) is 22.1 Å². The van der Waals surface area contributed by atoms with E-state index in [1.54, 1.807) is 20.0 Å². The molecule has 0 aliphatic rings. The third-order valence-corrected chi connectivity index (χ3v) is 4.71. The summed E-state index contributed by atoms with van der Waals surface area (Å²) < 4.78 is 32.7. The molecule has 0 saturated heterocycles. The highest BCUT2D eigenvalue weighted by Crippen LogP contribution is 2.18. The van der Waals surface area contributed by atoms with Crippen molar-refractivity contribution in [3.63, 3.8) is 0 Å². The van der Waals surface area contributed by atoms with Crippen molar-refractivity contribution in [1.29, 1.82) is 0 Å². The summed E-state index contributed by atoms with van der Waals surface area (Å²) in [5, 5.41) is 2.78. The fourth-order valence-electron chi connectivity index (χ4n) is 2.05. The van der Waals surface area contributed by atoms with Gasteiger partial charge in [0, 0.05) is 13.2 Å². The molecule has 0 spiro atoms. The zero-order valence-corrected chi connectivity index (χ0v) is 13.7. The molecule has 8 heteroatoms. The molecule has 0 unspecified atom stereocenters. The van der Waals surface area contributed by atoms with Crippen molar-refractivity contribution in [1.82, 2.24) is 14.6 Å². The molecule has 2 N–H and O–H groups in total. The van der Waals surface area contributed by atoms with E-state index in [0.29, 0.717) is 5.76 Å². The topological polar surface area (TPSA) is 93.3 Å². The fourth-order valence-corrected chi connectivity index (χ4v) is 2.85. The smallest absolute Gasteiger partial charge is 0.268 e. The minimum absolute atomic E-state index is 0.0455. The van der Waals surface area contributed by atoms with Crippen molar-refractivity contribution in [2.45, 2.75) is 24.8 Å². The van der Waals surface area contributed by atoms with Gasteiger partial charge in [0.25, 0.3) is 5.91 Å². The molecule has 2 aromatic heterocycles. The van der Waals surface area contributed by atoms with Crippen molar-refractivity contribution < 1.29 is 17.6 Å². The maximum atomic E-state index is 12.3. The Kier molecular flexibility index (Phi) is 4.43. The van der Waals surface area contributed by atoms with Gasteiger partial charge in [-0.3, -0.25) is 4.79 Å². The average Bonchev–Trinajstić information content (AvgIpc) is 3.05. The van der Waals surface area contributed by atoms with E-state index in [-0.39, 0.29) is 22.5 Å².